The Morgan fingerprint density at radius 3 is 2.42 bits per heavy atom. The van der Waals surface area contributed by atoms with E-state index in [4.69, 9.17) is 5.73 Å². The summed E-state index contributed by atoms with van der Waals surface area (Å²) in [6.07, 6.45) is 0.735. The van der Waals surface area contributed by atoms with Gasteiger partial charge in [0.25, 0.3) is 0 Å². The first kappa shape index (κ1) is 9.95. The van der Waals surface area contributed by atoms with Gasteiger partial charge in [0.1, 0.15) is 0 Å². The van der Waals surface area contributed by atoms with Gasteiger partial charge in [-0.05, 0) is 20.3 Å². The van der Waals surface area contributed by atoms with Gasteiger partial charge in [-0.15, -0.1) is 0 Å². The maximum absolute atomic E-state index is 11.3. The van der Waals surface area contributed by atoms with Crippen LogP contribution in [0, 0.1) is 0 Å². The lowest BCUT2D eigenvalue weighted by molar-refractivity contribution is 0.353. The van der Waals surface area contributed by atoms with Gasteiger partial charge in [-0.25, -0.2) is 12.7 Å². The molecule has 12 heavy (non-hydrogen) atoms. The highest BCUT2D eigenvalue weighted by Gasteiger charge is 2.31. The van der Waals surface area contributed by atoms with Crippen molar-refractivity contribution in [2.75, 3.05) is 18.8 Å². The highest BCUT2D eigenvalue weighted by molar-refractivity contribution is 7.89. The first-order chi connectivity index (χ1) is 5.31. The Bertz CT molecular complexity index is 253. The van der Waals surface area contributed by atoms with E-state index in [-0.39, 0.29) is 5.75 Å². The van der Waals surface area contributed by atoms with Gasteiger partial charge in [0.05, 0.1) is 5.75 Å². The van der Waals surface area contributed by atoms with E-state index >= 15 is 0 Å². The Labute approximate surface area is 73.8 Å². The maximum atomic E-state index is 11.3. The van der Waals surface area contributed by atoms with Crippen molar-refractivity contribution in [3.05, 3.63) is 0 Å². The van der Waals surface area contributed by atoms with Crippen molar-refractivity contribution in [3.8, 4) is 0 Å². The van der Waals surface area contributed by atoms with Crippen molar-refractivity contribution in [2.24, 2.45) is 5.73 Å². The lowest BCUT2D eigenvalue weighted by atomic mass is 10.1. The Morgan fingerprint density at radius 1 is 1.50 bits per heavy atom. The highest BCUT2D eigenvalue weighted by Crippen LogP contribution is 2.15. The van der Waals surface area contributed by atoms with Crippen LogP contribution in [0.15, 0.2) is 0 Å². The molecule has 1 aliphatic heterocycles. The van der Waals surface area contributed by atoms with Gasteiger partial charge in [-0.3, -0.25) is 0 Å². The van der Waals surface area contributed by atoms with Crippen LogP contribution in [0.1, 0.15) is 20.3 Å². The fourth-order valence-corrected chi connectivity index (χ4v) is 3.01. The van der Waals surface area contributed by atoms with Crippen LogP contribution in [0.3, 0.4) is 0 Å². The van der Waals surface area contributed by atoms with Gasteiger partial charge < -0.3 is 5.73 Å². The minimum absolute atomic E-state index is 0.281. The van der Waals surface area contributed by atoms with E-state index in [1.807, 2.05) is 13.8 Å². The molecule has 0 saturated carbocycles. The zero-order valence-corrected chi connectivity index (χ0v) is 8.39. The summed E-state index contributed by atoms with van der Waals surface area (Å²) in [6.45, 7) is 4.72. The smallest absolute Gasteiger partial charge is 0.214 e. The molecule has 0 unspecified atom stereocenters. The molecule has 1 fully saturated rings. The third-order valence-corrected chi connectivity index (χ3v) is 3.69. The lowest BCUT2D eigenvalue weighted by Crippen LogP contribution is -2.45. The Balaban J connectivity index is 2.66. The molecule has 1 rings (SSSR count). The van der Waals surface area contributed by atoms with Crippen molar-refractivity contribution in [1.29, 1.82) is 0 Å². The average Bonchev–Trinajstić information content (AvgIpc) is 2.07. The molecular formula is C7H16N2O2S. The van der Waals surface area contributed by atoms with Crippen molar-refractivity contribution < 1.29 is 8.42 Å². The van der Waals surface area contributed by atoms with E-state index in [0.29, 0.717) is 13.1 Å². The van der Waals surface area contributed by atoms with Crippen LogP contribution in [0.25, 0.3) is 0 Å². The summed E-state index contributed by atoms with van der Waals surface area (Å²) in [5.74, 6) is 0.281. The van der Waals surface area contributed by atoms with Crippen LogP contribution in [0.4, 0.5) is 0 Å². The van der Waals surface area contributed by atoms with Gasteiger partial charge in [0.2, 0.25) is 10.0 Å². The first-order valence-electron chi connectivity index (χ1n) is 4.08. The van der Waals surface area contributed by atoms with Crippen molar-refractivity contribution >= 4 is 10.0 Å². The van der Waals surface area contributed by atoms with Gasteiger partial charge in [0, 0.05) is 18.6 Å². The summed E-state index contributed by atoms with van der Waals surface area (Å²) in [7, 11) is -2.97. The molecule has 72 valence electrons. The van der Waals surface area contributed by atoms with Gasteiger partial charge in [-0.1, -0.05) is 0 Å². The van der Waals surface area contributed by atoms with E-state index in [1.54, 1.807) is 0 Å². The summed E-state index contributed by atoms with van der Waals surface area (Å²) in [4.78, 5) is 0. The normalized spacial score (nSPS) is 24.6. The molecule has 1 aliphatic rings. The molecule has 1 saturated heterocycles. The van der Waals surface area contributed by atoms with Gasteiger partial charge in [-0.2, -0.15) is 0 Å². The predicted molar refractivity (Wildman–Crippen MR) is 48.2 cm³/mol. The molecule has 0 aromatic heterocycles. The average molecular weight is 192 g/mol. The lowest BCUT2D eigenvalue weighted by Gasteiger charge is -2.24. The summed E-state index contributed by atoms with van der Waals surface area (Å²) in [5.41, 5.74) is 5.30. The van der Waals surface area contributed by atoms with Crippen molar-refractivity contribution in [2.45, 2.75) is 25.8 Å². The fourth-order valence-electron chi connectivity index (χ4n) is 1.32. The number of nitrogens with zero attached hydrogens (tertiary/aromatic N) is 1. The van der Waals surface area contributed by atoms with E-state index in [1.165, 1.54) is 4.31 Å². The highest BCUT2D eigenvalue weighted by atomic mass is 32.2. The Kier molecular flexibility index (Phi) is 2.47. The molecule has 0 atom stereocenters. The quantitative estimate of drug-likeness (QED) is 0.656. The third kappa shape index (κ3) is 2.43. The van der Waals surface area contributed by atoms with E-state index in [9.17, 15) is 8.42 Å². The Hall–Kier alpha value is -0.130. The molecular weight excluding hydrogens is 176 g/mol. The van der Waals surface area contributed by atoms with Gasteiger partial charge >= 0.3 is 0 Å². The largest absolute Gasteiger partial charge is 0.324 e. The number of hydrogen-bond donors (Lipinski definition) is 1. The Morgan fingerprint density at radius 2 is 2.08 bits per heavy atom. The van der Waals surface area contributed by atoms with Crippen LogP contribution in [0.2, 0.25) is 0 Å². The van der Waals surface area contributed by atoms with Crippen LogP contribution in [-0.4, -0.2) is 37.1 Å². The molecule has 1 heterocycles. The molecule has 0 bridgehead atoms. The molecule has 0 aromatic carbocycles. The van der Waals surface area contributed by atoms with Crippen LogP contribution in [-0.2, 0) is 10.0 Å². The van der Waals surface area contributed by atoms with Crippen LogP contribution in [0.5, 0.6) is 0 Å². The topological polar surface area (TPSA) is 63.4 Å². The van der Waals surface area contributed by atoms with Crippen LogP contribution >= 0.6 is 0 Å². The second kappa shape index (κ2) is 2.97. The van der Waals surface area contributed by atoms with E-state index in [0.717, 1.165) is 6.42 Å². The number of rotatable bonds is 2. The van der Waals surface area contributed by atoms with E-state index < -0.39 is 15.6 Å². The van der Waals surface area contributed by atoms with Gasteiger partial charge in [0.15, 0.2) is 0 Å². The summed E-state index contributed by atoms with van der Waals surface area (Å²) < 4.78 is 24.1. The first-order valence-corrected chi connectivity index (χ1v) is 5.69. The molecule has 0 spiro atoms. The summed E-state index contributed by atoms with van der Waals surface area (Å²) >= 11 is 0. The second-order valence-corrected chi connectivity index (χ2v) is 6.08. The monoisotopic (exact) mass is 192 g/mol. The number of sulfonamides is 1. The molecule has 0 radical (unpaired) electrons. The third-order valence-electron chi connectivity index (χ3n) is 1.79. The van der Waals surface area contributed by atoms with E-state index in [2.05, 4.69) is 0 Å². The molecule has 2 N–H and O–H groups in total. The zero-order valence-electron chi connectivity index (χ0n) is 7.58. The fraction of sp³-hybridized carbons (Fsp3) is 1.00. The molecule has 0 amide bonds. The number of hydrogen-bond acceptors (Lipinski definition) is 3. The molecule has 0 aliphatic carbocycles. The summed E-state index contributed by atoms with van der Waals surface area (Å²) in [6, 6.07) is 0. The number of nitrogens with two attached hydrogens (primary N) is 1. The minimum Gasteiger partial charge on any atom is -0.324 e. The molecule has 4 nitrogen and oxygen atoms in total. The summed E-state index contributed by atoms with van der Waals surface area (Å²) in [5, 5.41) is 0. The zero-order chi connectivity index (χ0) is 9.41. The predicted octanol–water partition coefficient (Wildman–Crippen LogP) is -0.241. The second-order valence-electron chi connectivity index (χ2n) is 3.99. The van der Waals surface area contributed by atoms with Crippen molar-refractivity contribution in [3.63, 3.8) is 0 Å². The standard InChI is InChI=1S/C7H16N2O2S/c1-7(2,8)6-9-4-3-5-12(9,10)11/h3-6,8H2,1-2H3. The molecule has 0 aromatic rings. The van der Waals surface area contributed by atoms with Crippen LogP contribution < -0.4 is 5.73 Å². The molecule has 5 heteroatoms. The SMILES string of the molecule is CC(C)(N)CN1CCCS1(=O)=O. The van der Waals surface area contributed by atoms with Crippen molar-refractivity contribution in [1.82, 2.24) is 4.31 Å². The maximum Gasteiger partial charge on any atom is 0.214 e. The minimum atomic E-state index is -2.97.